The maximum Gasteiger partial charge on any atom is 0.308 e. The molecule has 0 aliphatic rings. The van der Waals surface area contributed by atoms with Crippen LogP contribution in [0.15, 0.2) is 55.4 Å². The van der Waals surface area contributed by atoms with Crippen molar-refractivity contribution in [2.75, 3.05) is 6.61 Å². The number of esters is 1. The fourth-order valence-corrected chi connectivity index (χ4v) is 3.62. The summed E-state index contributed by atoms with van der Waals surface area (Å²) in [6.07, 6.45) is 4.32. The molecule has 35 heavy (non-hydrogen) atoms. The number of Topliss-reactive ketones (excluding diaryl/α,β-unsaturated/α-hetero) is 2. The van der Waals surface area contributed by atoms with Crippen LogP contribution in [-0.2, 0) is 25.5 Å². The molecule has 0 saturated heterocycles. The smallest absolute Gasteiger partial charge is 0.308 e. The zero-order chi connectivity index (χ0) is 26.2. The lowest BCUT2D eigenvalue weighted by atomic mass is 9.84. The van der Waals surface area contributed by atoms with Gasteiger partial charge in [-0.1, -0.05) is 45.6 Å². The summed E-state index contributed by atoms with van der Waals surface area (Å²) >= 11 is 0. The molecular weight excluding hydrogens is 446 g/mol. The Labute approximate surface area is 205 Å². The van der Waals surface area contributed by atoms with E-state index >= 15 is 0 Å². The van der Waals surface area contributed by atoms with Crippen LogP contribution in [0.25, 0.3) is 0 Å². The summed E-state index contributed by atoms with van der Waals surface area (Å²) in [4.78, 5) is 50.5. The van der Waals surface area contributed by atoms with Crippen molar-refractivity contribution in [3.63, 3.8) is 0 Å². The molecule has 2 unspecified atom stereocenters. The molecule has 8 heteroatoms. The summed E-state index contributed by atoms with van der Waals surface area (Å²) < 4.78 is 6.54. The Morgan fingerprint density at radius 3 is 2.37 bits per heavy atom. The minimum absolute atomic E-state index is 0.00520. The first-order valence-corrected chi connectivity index (χ1v) is 11.2. The number of benzene rings is 1. The lowest BCUT2D eigenvalue weighted by Gasteiger charge is -2.31. The quantitative estimate of drug-likeness (QED) is 0.300. The highest BCUT2D eigenvalue weighted by atomic mass is 16.5. The van der Waals surface area contributed by atoms with Gasteiger partial charge in [-0.3, -0.25) is 19.2 Å². The summed E-state index contributed by atoms with van der Waals surface area (Å²) in [7, 11) is 0. The molecule has 0 radical (unpaired) electrons. The molecule has 0 aliphatic carbocycles. The summed E-state index contributed by atoms with van der Waals surface area (Å²) in [6, 6.07) is 8.55. The molecule has 1 N–H and O–H groups in total. The van der Waals surface area contributed by atoms with Crippen LogP contribution >= 0.6 is 0 Å². The zero-order valence-corrected chi connectivity index (χ0v) is 20.5. The number of nitrogens with one attached hydrogen (secondary N) is 1. The SMILES string of the molecule is C=CCOC(=O)CC(C(=O)NC(C(C)=O)C(C)(C)C)n1ccc(C(=O)Cc2ccc(C#N)cc2)c1. The molecule has 1 heterocycles. The number of ether oxygens (including phenoxy) is 1. The van der Waals surface area contributed by atoms with E-state index in [0.717, 1.165) is 5.56 Å². The van der Waals surface area contributed by atoms with Crippen molar-refractivity contribution < 1.29 is 23.9 Å². The zero-order valence-electron chi connectivity index (χ0n) is 20.5. The molecule has 2 rings (SSSR count). The minimum Gasteiger partial charge on any atom is -0.461 e. The van der Waals surface area contributed by atoms with Crippen molar-refractivity contribution >= 4 is 23.4 Å². The average molecular weight is 478 g/mol. The molecular formula is C27H31N3O5. The second-order valence-electron chi connectivity index (χ2n) is 9.37. The van der Waals surface area contributed by atoms with E-state index in [1.807, 2.05) is 26.8 Å². The molecule has 1 aromatic carbocycles. The van der Waals surface area contributed by atoms with Crippen LogP contribution in [-0.4, -0.2) is 40.7 Å². The van der Waals surface area contributed by atoms with Crippen LogP contribution in [0.2, 0.25) is 0 Å². The van der Waals surface area contributed by atoms with E-state index in [0.29, 0.717) is 11.1 Å². The lowest BCUT2D eigenvalue weighted by Crippen LogP contribution is -2.50. The number of amides is 1. The molecule has 0 aliphatic heterocycles. The standard InChI is InChI=1S/C27H31N3O5/c1-6-13-35-24(33)15-22(26(34)29-25(18(2)31)27(3,4)5)30-12-11-21(17-30)23(32)14-19-7-9-20(16-28)10-8-19/h6-12,17,22,25H,1,13-15H2,2-5H3,(H,29,34). The lowest BCUT2D eigenvalue weighted by molar-refractivity contribution is -0.145. The van der Waals surface area contributed by atoms with Gasteiger partial charge in [-0.15, -0.1) is 0 Å². The van der Waals surface area contributed by atoms with Crippen LogP contribution in [0.4, 0.5) is 0 Å². The fourth-order valence-electron chi connectivity index (χ4n) is 3.62. The van der Waals surface area contributed by atoms with Gasteiger partial charge in [-0.2, -0.15) is 5.26 Å². The second-order valence-corrected chi connectivity index (χ2v) is 9.37. The van der Waals surface area contributed by atoms with Crippen LogP contribution in [0.5, 0.6) is 0 Å². The van der Waals surface area contributed by atoms with Crippen molar-refractivity contribution in [3.8, 4) is 6.07 Å². The highest BCUT2D eigenvalue weighted by Gasteiger charge is 2.33. The summed E-state index contributed by atoms with van der Waals surface area (Å²) in [5.41, 5.74) is 1.08. The van der Waals surface area contributed by atoms with Crippen LogP contribution < -0.4 is 5.32 Å². The fraction of sp³-hybridized carbons (Fsp3) is 0.370. The van der Waals surface area contributed by atoms with Crippen molar-refractivity contribution in [1.29, 1.82) is 5.26 Å². The van der Waals surface area contributed by atoms with Gasteiger partial charge in [0.15, 0.2) is 11.6 Å². The van der Waals surface area contributed by atoms with E-state index in [2.05, 4.69) is 11.9 Å². The molecule has 0 spiro atoms. The molecule has 2 aromatic rings. The maximum atomic E-state index is 13.2. The molecule has 184 valence electrons. The van der Waals surface area contributed by atoms with E-state index in [9.17, 15) is 19.2 Å². The van der Waals surface area contributed by atoms with E-state index in [1.165, 1.54) is 23.8 Å². The van der Waals surface area contributed by atoms with Crippen LogP contribution in [0.1, 0.15) is 61.6 Å². The molecule has 0 fully saturated rings. The summed E-state index contributed by atoms with van der Waals surface area (Å²) in [6.45, 7) is 10.4. The van der Waals surface area contributed by atoms with Gasteiger partial charge in [0, 0.05) is 24.4 Å². The molecule has 0 saturated carbocycles. The highest BCUT2D eigenvalue weighted by molar-refractivity contribution is 5.97. The third-order valence-electron chi connectivity index (χ3n) is 5.43. The first kappa shape index (κ1) is 27.3. The van der Waals surface area contributed by atoms with Crippen molar-refractivity contribution in [2.45, 2.75) is 52.6 Å². The number of rotatable bonds is 11. The van der Waals surface area contributed by atoms with Crippen LogP contribution in [0, 0.1) is 16.7 Å². The molecule has 0 bridgehead atoms. The number of aromatic nitrogens is 1. The van der Waals surface area contributed by atoms with Gasteiger partial charge >= 0.3 is 5.97 Å². The number of nitrogens with zero attached hydrogens (tertiary/aromatic N) is 2. The van der Waals surface area contributed by atoms with Gasteiger partial charge in [0.25, 0.3) is 0 Å². The predicted molar refractivity (Wildman–Crippen MR) is 131 cm³/mol. The predicted octanol–water partition coefficient (Wildman–Crippen LogP) is 3.57. The number of ketones is 2. The first-order valence-electron chi connectivity index (χ1n) is 11.2. The number of carbonyl (C=O) groups excluding carboxylic acids is 4. The second kappa shape index (κ2) is 11.9. The largest absolute Gasteiger partial charge is 0.461 e. The Balaban J connectivity index is 2.27. The number of hydrogen-bond donors (Lipinski definition) is 1. The molecule has 8 nitrogen and oxygen atoms in total. The third kappa shape index (κ3) is 7.78. The Hall–Kier alpha value is -3.99. The van der Waals surface area contributed by atoms with E-state index in [-0.39, 0.29) is 31.0 Å². The van der Waals surface area contributed by atoms with Gasteiger partial charge < -0.3 is 14.6 Å². The molecule has 1 aromatic heterocycles. The Kier molecular flexibility index (Phi) is 9.29. The Morgan fingerprint density at radius 1 is 1.17 bits per heavy atom. The monoisotopic (exact) mass is 477 g/mol. The van der Waals surface area contributed by atoms with Crippen molar-refractivity contribution in [3.05, 3.63) is 72.1 Å². The van der Waals surface area contributed by atoms with Gasteiger partial charge in [-0.25, -0.2) is 0 Å². The first-order chi connectivity index (χ1) is 16.5. The van der Waals surface area contributed by atoms with Gasteiger partial charge in [0.2, 0.25) is 5.91 Å². The number of nitriles is 1. The van der Waals surface area contributed by atoms with E-state index in [1.54, 1.807) is 36.5 Å². The van der Waals surface area contributed by atoms with Gasteiger partial charge in [-0.05, 0) is 36.1 Å². The third-order valence-corrected chi connectivity index (χ3v) is 5.43. The number of carbonyl (C=O) groups is 4. The van der Waals surface area contributed by atoms with Gasteiger partial charge in [0.1, 0.15) is 12.6 Å². The van der Waals surface area contributed by atoms with Crippen molar-refractivity contribution in [1.82, 2.24) is 9.88 Å². The van der Waals surface area contributed by atoms with Crippen molar-refractivity contribution in [2.24, 2.45) is 5.41 Å². The highest BCUT2D eigenvalue weighted by Crippen LogP contribution is 2.23. The van der Waals surface area contributed by atoms with E-state index < -0.39 is 29.4 Å². The average Bonchev–Trinajstić information content (AvgIpc) is 3.29. The summed E-state index contributed by atoms with van der Waals surface area (Å²) in [5.74, 6) is -1.53. The van der Waals surface area contributed by atoms with Gasteiger partial charge in [0.05, 0.1) is 24.1 Å². The Morgan fingerprint density at radius 2 is 1.83 bits per heavy atom. The molecule has 1 amide bonds. The van der Waals surface area contributed by atoms with E-state index in [4.69, 9.17) is 10.00 Å². The topological polar surface area (TPSA) is 118 Å². The molecule has 2 atom stereocenters. The maximum absolute atomic E-state index is 13.2. The van der Waals surface area contributed by atoms with Crippen LogP contribution in [0.3, 0.4) is 0 Å². The number of hydrogen-bond acceptors (Lipinski definition) is 6. The Bertz CT molecular complexity index is 1130. The normalized spacial score (nSPS) is 12.7. The summed E-state index contributed by atoms with van der Waals surface area (Å²) in [5, 5.41) is 11.7. The minimum atomic E-state index is -1.02.